The molecule has 6 nitrogen and oxygen atoms in total. The van der Waals surface area contributed by atoms with Gasteiger partial charge in [0.2, 0.25) is 5.91 Å². The zero-order valence-electron chi connectivity index (χ0n) is 21.3. The standard InChI is InChI=1S/C29H34FN3O3S/c1-23-13-18-37-27(23)20-33(19-24-9-11-25(30)12-10-24)28(34)21-32(17-16-31-14-5-6-15-31)29(35)22-36-26-7-3-2-4-8-26/h2-4,7-13,18H,5-6,14-17,19-22H2,1H3. The monoisotopic (exact) mass is 523 g/mol. The van der Waals surface area contributed by atoms with Gasteiger partial charge in [0, 0.05) is 24.5 Å². The molecule has 2 heterocycles. The third-order valence-corrected chi connectivity index (χ3v) is 7.62. The van der Waals surface area contributed by atoms with Gasteiger partial charge >= 0.3 is 0 Å². The lowest BCUT2D eigenvalue weighted by Crippen LogP contribution is -2.46. The van der Waals surface area contributed by atoms with Crippen molar-refractivity contribution in [1.29, 1.82) is 0 Å². The van der Waals surface area contributed by atoms with Crippen LogP contribution in [0.25, 0.3) is 0 Å². The average molecular weight is 524 g/mol. The Morgan fingerprint density at radius 3 is 2.35 bits per heavy atom. The van der Waals surface area contributed by atoms with E-state index in [2.05, 4.69) is 4.90 Å². The van der Waals surface area contributed by atoms with Crippen LogP contribution in [0.4, 0.5) is 4.39 Å². The number of carbonyl (C=O) groups is 2. The number of hydrogen-bond donors (Lipinski definition) is 0. The molecule has 2 aromatic carbocycles. The first-order valence-corrected chi connectivity index (χ1v) is 13.6. The molecule has 196 valence electrons. The van der Waals surface area contributed by atoms with Crippen molar-refractivity contribution in [2.24, 2.45) is 0 Å². The maximum Gasteiger partial charge on any atom is 0.261 e. The average Bonchev–Trinajstić information content (AvgIpc) is 3.58. The van der Waals surface area contributed by atoms with E-state index >= 15 is 0 Å². The number of amides is 2. The number of hydrogen-bond acceptors (Lipinski definition) is 5. The van der Waals surface area contributed by atoms with Crippen LogP contribution in [0.3, 0.4) is 0 Å². The van der Waals surface area contributed by atoms with Crippen LogP contribution in [0.1, 0.15) is 28.8 Å². The number of benzene rings is 2. The zero-order chi connectivity index (χ0) is 26.0. The van der Waals surface area contributed by atoms with Gasteiger partial charge in [-0.1, -0.05) is 30.3 Å². The summed E-state index contributed by atoms with van der Waals surface area (Å²) in [6.07, 6.45) is 2.32. The first-order chi connectivity index (χ1) is 18.0. The lowest BCUT2D eigenvalue weighted by molar-refractivity contribution is -0.142. The fraction of sp³-hybridized carbons (Fsp3) is 0.379. The van der Waals surface area contributed by atoms with Crippen molar-refractivity contribution in [3.63, 3.8) is 0 Å². The van der Waals surface area contributed by atoms with E-state index in [-0.39, 0.29) is 30.8 Å². The molecule has 0 unspecified atom stereocenters. The van der Waals surface area contributed by atoms with Crippen LogP contribution in [0.15, 0.2) is 66.0 Å². The molecule has 0 spiro atoms. The Kier molecular flexibility index (Phi) is 9.68. The minimum Gasteiger partial charge on any atom is -0.484 e. The molecule has 1 fully saturated rings. The van der Waals surface area contributed by atoms with Crippen LogP contribution in [0.5, 0.6) is 5.75 Å². The second kappa shape index (κ2) is 13.4. The molecule has 0 aliphatic carbocycles. The molecule has 1 aliphatic rings. The minimum atomic E-state index is -0.312. The second-order valence-electron chi connectivity index (χ2n) is 9.37. The van der Waals surface area contributed by atoms with Crippen molar-refractivity contribution in [1.82, 2.24) is 14.7 Å². The van der Waals surface area contributed by atoms with Crippen LogP contribution >= 0.6 is 11.3 Å². The zero-order valence-corrected chi connectivity index (χ0v) is 22.1. The molecule has 3 aromatic rings. The van der Waals surface area contributed by atoms with Crippen molar-refractivity contribution in [2.75, 3.05) is 39.3 Å². The molecule has 2 amide bonds. The van der Waals surface area contributed by atoms with Gasteiger partial charge in [-0.05, 0) is 79.7 Å². The van der Waals surface area contributed by atoms with E-state index in [1.54, 1.807) is 45.4 Å². The van der Waals surface area contributed by atoms with Gasteiger partial charge < -0.3 is 19.4 Å². The van der Waals surface area contributed by atoms with E-state index in [1.807, 2.05) is 36.6 Å². The van der Waals surface area contributed by atoms with Crippen LogP contribution < -0.4 is 4.74 Å². The normalized spacial score (nSPS) is 13.5. The summed E-state index contributed by atoms with van der Waals surface area (Å²) in [7, 11) is 0. The van der Waals surface area contributed by atoms with E-state index in [9.17, 15) is 14.0 Å². The number of ether oxygens (including phenoxy) is 1. The van der Waals surface area contributed by atoms with Gasteiger partial charge in [0.15, 0.2) is 6.61 Å². The summed E-state index contributed by atoms with van der Waals surface area (Å²) < 4.78 is 19.2. The third kappa shape index (κ3) is 8.13. The summed E-state index contributed by atoms with van der Waals surface area (Å²) in [5, 5.41) is 2.01. The van der Waals surface area contributed by atoms with Crippen LogP contribution in [0, 0.1) is 12.7 Å². The summed E-state index contributed by atoms with van der Waals surface area (Å²) in [4.78, 5) is 33.7. The topological polar surface area (TPSA) is 53.1 Å². The van der Waals surface area contributed by atoms with Gasteiger partial charge in [0.25, 0.3) is 5.91 Å². The Bertz CT molecular complexity index is 1150. The van der Waals surface area contributed by atoms with Gasteiger partial charge in [-0.25, -0.2) is 4.39 Å². The molecule has 0 radical (unpaired) electrons. The summed E-state index contributed by atoms with van der Waals surface area (Å²) in [5.41, 5.74) is 1.96. The van der Waals surface area contributed by atoms with Crippen molar-refractivity contribution in [3.05, 3.63) is 87.9 Å². The van der Waals surface area contributed by atoms with Crippen LogP contribution in [-0.4, -0.2) is 65.8 Å². The summed E-state index contributed by atoms with van der Waals surface area (Å²) in [5.74, 6) is -0.0577. The first kappa shape index (κ1) is 26.8. The van der Waals surface area contributed by atoms with Crippen LogP contribution in [0.2, 0.25) is 0 Å². The van der Waals surface area contributed by atoms with Crippen molar-refractivity contribution in [2.45, 2.75) is 32.9 Å². The number of nitrogens with zero attached hydrogens (tertiary/aromatic N) is 3. The molecule has 0 atom stereocenters. The smallest absolute Gasteiger partial charge is 0.261 e. The Morgan fingerprint density at radius 1 is 0.946 bits per heavy atom. The molecule has 4 rings (SSSR count). The number of aryl methyl sites for hydroxylation is 1. The number of para-hydroxylation sites is 1. The lowest BCUT2D eigenvalue weighted by atomic mass is 10.2. The van der Waals surface area contributed by atoms with Crippen molar-refractivity contribution >= 4 is 23.2 Å². The molecule has 1 aliphatic heterocycles. The molecule has 0 saturated carbocycles. The maximum atomic E-state index is 13.6. The predicted octanol–water partition coefficient (Wildman–Crippen LogP) is 4.73. The van der Waals surface area contributed by atoms with Gasteiger partial charge in [-0.2, -0.15) is 0 Å². The Hall–Kier alpha value is -3.23. The largest absolute Gasteiger partial charge is 0.484 e. The molecule has 8 heteroatoms. The number of halogens is 1. The molecule has 1 aromatic heterocycles. The fourth-order valence-corrected chi connectivity index (χ4v) is 5.28. The summed E-state index contributed by atoms with van der Waals surface area (Å²) in [6.45, 7) is 5.88. The maximum absolute atomic E-state index is 13.6. The van der Waals surface area contributed by atoms with Gasteiger partial charge in [-0.3, -0.25) is 9.59 Å². The van der Waals surface area contributed by atoms with Crippen molar-refractivity contribution < 1.29 is 18.7 Å². The Labute approximate surface area is 222 Å². The first-order valence-electron chi connectivity index (χ1n) is 12.7. The number of likely N-dealkylation sites (tertiary alicyclic amines) is 1. The highest BCUT2D eigenvalue weighted by molar-refractivity contribution is 7.10. The summed E-state index contributed by atoms with van der Waals surface area (Å²) in [6, 6.07) is 17.4. The number of carbonyl (C=O) groups excluding carboxylic acids is 2. The Balaban J connectivity index is 1.47. The van der Waals surface area contributed by atoms with Gasteiger partial charge in [0.1, 0.15) is 11.6 Å². The van der Waals surface area contributed by atoms with E-state index in [0.717, 1.165) is 48.5 Å². The quantitative estimate of drug-likeness (QED) is 0.345. The Morgan fingerprint density at radius 2 is 1.68 bits per heavy atom. The van der Waals surface area contributed by atoms with Gasteiger partial charge in [0.05, 0.1) is 13.1 Å². The third-order valence-electron chi connectivity index (χ3n) is 6.61. The molecule has 37 heavy (non-hydrogen) atoms. The summed E-state index contributed by atoms with van der Waals surface area (Å²) >= 11 is 1.61. The molecular weight excluding hydrogens is 489 g/mol. The lowest BCUT2D eigenvalue weighted by Gasteiger charge is -2.29. The van der Waals surface area contributed by atoms with E-state index in [0.29, 0.717) is 25.4 Å². The predicted molar refractivity (Wildman–Crippen MR) is 144 cm³/mol. The fourth-order valence-electron chi connectivity index (χ4n) is 4.36. The molecule has 1 saturated heterocycles. The SMILES string of the molecule is Cc1ccsc1CN(Cc1ccc(F)cc1)C(=O)CN(CCN1CCCC1)C(=O)COc1ccccc1. The highest BCUT2D eigenvalue weighted by Gasteiger charge is 2.24. The number of thiophene rings is 1. The highest BCUT2D eigenvalue weighted by Crippen LogP contribution is 2.20. The van der Waals surface area contributed by atoms with E-state index < -0.39 is 0 Å². The van der Waals surface area contributed by atoms with Crippen molar-refractivity contribution in [3.8, 4) is 5.75 Å². The van der Waals surface area contributed by atoms with Gasteiger partial charge in [-0.15, -0.1) is 11.3 Å². The molecule has 0 bridgehead atoms. The van der Waals surface area contributed by atoms with Crippen LogP contribution in [-0.2, 0) is 22.7 Å². The highest BCUT2D eigenvalue weighted by atomic mass is 32.1. The van der Waals surface area contributed by atoms with E-state index in [1.165, 1.54) is 12.1 Å². The van der Waals surface area contributed by atoms with E-state index in [4.69, 9.17) is 4.74 Å². The second-order valence-corrected chi connectivity index (χ2v) is 10.4. The molecule has 0 N–H and O–H groups in total. The molecular formula is C29H34FN3O3S. The minimum absolute atomic E-state index is 0.0313. The number of rotatable bonds is 12.